The first-order valence-electron chi connectivity index (χ1n) is 8.82. The molecule has 1 fully saturated rings. The molecule has 1 aromatic rings. The number of unbranched alkanes of at least 4 members (excludes halogenated alkanes) is 2. The summed E-state index contributed by atoms with van der Waals surface area (Å²) in [4.78, 5) is 2.53. The Hall–Kier alpha value is -1.06. The normalized spacial score (nSPS) is 20.0. The molecule has 1 aliphatic heterocycles. The summed E-state index contributed by atoms with van der Waals surface area (Å²) < 4.78 is 0. The molecule has 2 rings (SSSR count). The van der Waals surface area contributed by atoms with Crippen molar-refractivity contribution >= 4 is 0 Å². The summed E-state index contributed by atoms with van der Waals surface area (Å²) in [5.74, 6) is 0.297. The third-order valence-electron chi connectivity index (χ3n) is 5.27. The maximum absolute atomic E-state index is 10.7. The van der Waals surface area contributed by atoms with E-state index in [1.54, 1.807) is 6.07 Å². The van der Waals surface area contributed by atoms with Crippen LogP contribution in [0.2, 0.25) is 0 Å². The van der Waals surface area contributed by atoms with Crippen molar-refractivity contribution in [3.05, 3.63) is 29.8 Å². The van der Waals surface area contributed by atoms with Crippen LogP contribution in [-0.4, -0.2) is 40.9 Å². The second-order valence-electron chi connectivity index (χ2n) is 6.68. The van der Waals surface area contributed by atoms with Crippen LogP contribution in [0.4, 0.5) is 0 Å². The summed E-state index contributed by atoms with van der Waals surface area (Å²) in [6, 6.07) is 7.49. The molecule has 0 aromatic heterocycles. The van der Waals surface area contributed by atoms with Crippen molar-refractivity contribution in [2.24, 2.45) is 0 Å². The highest BCUT2D eigenvalue weighted by Crippen LogP contribution is 2.40. The summed E-state index contributed by atoms with van der Waals surface area (Å²) in [7, 11) is 0. The van der Waals surface area contributed by atoms with Gasteiger partial charge in [0, 0.05) is 5.41 Å². The van der Waals surface area contributed by atoms with E-state index in [1.165, 1.54) is 25.8 Å². The standard InChI is InChI=1S/C19H31NO2/c1-3-5-6-12-20-13-10-19(11-14-20,18(22)4-2)16-8-7-9-17(21)15-16/h7-9,15,18,21-22H,3-6,10-14H2,1-2H3/t18-/m0/s1. The summed E-state index contributed by atoms with van der Waals surface area (Å²) >= 11 is 0. The number of rotatable bonds is 7. The van der Waals surface area contributed by atoms with E-state index in [4.69, 9.17) is 0 Å². The number of nitrogens with zero attached hydrogens (tertiary/aromatic N) is 1. The largest absolute Gasteiger partial charge is 0.508 e. The van der Waals surface area contributed by atoms with Crippen molar-refractivity contribution in [2.45, 2.75) is 63.9 Å². The molecule has 2 N–H and O–H groups in total. The van der Waals surface area contributed by atoms with E-state index >= 15 is 0 Å². The molecular weight excluding hydrogens is 274 g/mol. The fourth-order valence-corrected chi connectivity index (χ4v) is 3.78. The third kappa shape index (κ3) is 3.82. The zero-order valence-corrected chi connectivity index (χ0v) is 14.1. The Kier molecular flexibility index (Phi) is 6.27. The monoisotopic (exact) mass is 305 g/mol. The Morgan fingerprint density at radius 1 is 1.18 bits per heavy atom. The van der Waals surface area contributed by atoms with E-state index in [2.05, 4.69) is 17.9 Å². The van der Waals surface area contributed by atoms with Gasteiger partial charge in [0.2, 0.25) is 0 Å². The van der Waals surface area contributed by atoms with Gasteiger partial charge < -0.3 is 15.1 Å². The lowest BCUT2D eigenvalue weighted by atomic mass is 9.68. The second-order valence-corrected chi connectivity index (χ2v) is 6.68. The van der Waals surface area contributed by atoms with Crippen molar-refractivity contribution in [1.29, 1.82) is 0 Å². The number of aliphatic hydroxyl groups is 1. The van der Waals surface area contributed by atoms with E-state index in [9.17, 15) is 10.2 Å². The molecule has 0 amide bonds. The Bertz CT molecular complexity index is 453. The van der Waals surface area contributed by atoms with Crippen LogP contribution in [0.3, 0.4) is 0 Å². The molecular formula is C19H31NO2. The van der Waals surface area contributed by atoms with Crippen molar-refractivity contribution in [1.82, 2.24) is 4.90 Å². The maximum Gasteiger partial charge on any atom is 0.115 e. The highest BCUT2D eigenvalue weighted by molar-refractivity contribution is 5.34. The summed E-state index contributed by atoms with van der Waals surface area (Å²) in [6.07, 6.45) is 6.18. The number of aromatic hydroxyl groups is 1. The molecule has 0 unspecified atom stereocenters. The molecule has 3 heteroatoms. The number of aliphatic hydroxyl groups excluding tert-OH is 1. The predicted molar refractivity (Wildman–Crippen MR) is 91.3 cm³/mol. The number of phenolic OH excluding ortho intramolecular Hbond substituents is 1. The number of hydrogen-bond donors (Lipinski definition) is 2. The number of likely N-dealkylation sites (tertiary alicyclic amines) is 1. The number of phenols is 1. The summed E-state index contributed by atoms with van der Waals surface area (Å²) in [6.45, 7) is 7.53. The SMILES string of the molecule is CCCCCN1CCC(c2cccc(O)c2)([C@@H](O)CC)CC1. The summed E-state index contributed by atoms with van der Waals surface area (Å²) in [5.41, 5.74) is 0.893. The van der Waals surface area contributed by atoms with Crippen LogP contribution in [0.15, 0.2) is 24.3 Å². The van der Waals surface area contributed by atoms with Gasteiger partial charge in [0.1, 0.15) is 5.75 Å². The van der Waals surface area contributed by atoms with Crippen LogP contribution in [-0.2, 0) is 5.41 Å². The highest BCUT2D eigenvalue weighted by atomic mass is 16.3. The Morgan fingerprint density at radius 3 is 2.50 bits per heavy atom. The lowest BCUT2D eigenvalue weighted by molar-refractivity contribution is 0.0274. The average molecular weight is 305 g/mol. The quantitative estimate of drug-likeness (QED) is 0.755. The topological polar surface area (TPSA) is 43.7 Å². The molecule has 124 valence electrons. The number of piperidine rings is 1. The van der Waals surface area contributed by atoms with Crippen molar-refractivity contribution in [2.75, 3.05) is 19.6 Å². The van der Waals surface area contributed by atoms with Crippen molar-refractivity contribution in [3.8, 4) is 5.75 Å². The molecule has 0 saturated carbocycles. The molecule has 0 radical (unpaired) electrons. The van der Waals surface area contributed by atoms with E-state index in [0.29, 0.717) is 5.75 Å². The van der Waals surface area contributed by atoms with Gasteiger partial charge in [-0.25, -0.2) is 0 Å². The Labute approximate surface area is 135 Å². The Balaban J connectivity index is 2.10. The molecule has 22 heavy (non-hydrogen) atoms. The molecule has 0 spiro atoms. The molecule has 0 aliphatic carbocycles. The van der Waals surface area contributed by atoms with Gasteiger partial charge in [0.25, 0.3) is 0 Å². The van der Waals surface area contributed by atoms with E-state index in [-0.39, 0.29) is 11.5 Å². The summed E-state index contributed by atoms with van der Waals surface area (Å²) in [5, 5.41) is 20.5. The molecule has 1 aliphatic rings. The zero-order chi connectivity index (χ0) is 16.0. The fraction of sp³-hybridized carbons (Fsp3) is 0.684. The first-order chi connectivity index (χ1) is 10.6. The van der Waals surface area contributed by atoms with Crippen LogP contribution < -0.4 is 0 Å². The molecule has 1 aromatic carbocycles. The highest BCUT2D eigenvalue weighted by Gasteiger charge is 2.41. The van der Waals surface area contributed by atoms with Crippen LogP contribution >= 0.6 is 0 Å². The average Bonchev–Trinajstić information content (AvgIpc) is 2.55. The molecule has 0 bridgehead atoms. The first kappa shape index (κ1) is 17.3. The molecule has 1 heterocycles. The van der Waals surface area contributed by atoms with Crippen LogP contribution in [0.25, 0.3) is 0 Å². The minimum absolute atomic E-state index is 0.200. The van der Waals surface area contributed by atoms with Gasteiger partial charge in [-0.1, -0.05) is 38.8 Å². The van der Waals surface area contributed by atoms with Gasteiger partial charge in [0.05, 0.1) is 6.10 Å². The van der Waals surface area contributed by atoms with Gasteiger partial charge >= 0.3 is 0 Å². The third-order valence-corrected chi connectivity index (χ3v) is 5.27. The smallest absolute Gasteiger partial charge is 0.115 e. The van der Waals surface area contributed by atoms with E-state index in [1.807, 2.05) is 19.1 Å². The van der Waals surface area contributed by atoms with Crippen LogP contribution in [0.1, 0.15) is 57.9 Å². The lowest BCUT2D eigenvalue weighted by Gasteiger charge is -2.45. The minimum atomic E-state index is -0.341. The molecule has 1 saturated heterocycles. The predicted octanol–water partition coefficient (Wildman–Crippen LogP) is 3.69. The minimum Gasteiger partial charge on any atom is -0.508 e. The molecule has 1 atom stereocenters. The maximum atomic E-state index is 10.7. The second kappa shape index (κ2) is 7.98. The Morgan fingerprint density at radius 2 is 1.91 bits per heavy atom. The van der Waals surface area contributed by atoms with Gasteiger partial charge in [-0.2, -0.15) is 0 Å². The van der Waals surface area contributed by atoms with Gasteiger partial charge in [-0.15, -0.1) is 0 Å². The van der Waals surface area contributed by atoms with Gasteiger partial charge in [-0.3, -0.25) is 0 Å². The number of hydrogen-bond acceptors (Lipinski definition) is 3. The lowest BCUT2D eigenvalue weighted by Crippen LogP contribution is -2.49. The zero-order valence-electron chi connectivity index (χ0n) is 14.1. The molecule has 3 nitrogen and oxygen atoms in total. The first-order valence-corrected chi connectivity index (χ1v) is 8.82. The fourth-order valence-electron chi connectivity index (χ4n) is 3.78. The van der Waals surface area contributed by atoms with Crippen molar-refractivity contribution in [3.63, 3.8) is 0 Å². The van der Waals surface area contributed by atoms with E-state index < -0.39 is 0 Å². The van der Waals surface area contributed by atoms with Crippen molar-refractivity contribution < 1.29 is 10.2 Å². The van der Waals surface area contributed by atoms with E-state index in [0.717, 1.165) is 37.9 Å². The van der Waals surface area contributed by atoms with Crippen LogP contribution in [0.5, 0.6) is 5.75 Å². The van der Waals surface area contributed by atoms with Crippen LogP contribution in [0, 0.1) is 0 Å². The number of benzene rings is 1. The van der Waals surface area contributed by atoms with Gasteiger partial charge in [0.15, 0.2) is 0 Å². The van der Waals surface area contributed by atoms with Gasteiger partial charge in [-0.05, 0) is 63.0 Å².